The normalized spacial score (nSPS) is 17.5. The lowest BCUT2D eigenvalue weighted by Gasteiger charge is -2.36. The number of aryl methyl sites for hydroxylation is 1. The fourth-order valence-electron chi connectivity index (χ4n) is 4.97. The number of rotatable bonds is 6. The highest BCUT2D eigenvalue weighted by Crippen LogP contribution is 2.35. The zero-order valence-electron chi connectivity index (χ0n) is 19.4. The van der Waals surface area contributed by atoms with Gasteiger partial charge in [-0.1, -0.05) is 24.6 Å². The lowest BCUT2D eigenvalue weighted by atomic mass is 9.93. The van der Waals surface area contributed by atoms with Crippen LogP contribution in [0.25, 0.3) is 10.1 Å². The Hall–Kier alpha value is -2.18. The Morgan fingerprint density at radius 1 is 1.23 bits per heavy atom. The summed E-state index contributed by atoms with van der Waals surface area (Å²) in [5, 5.41) is 8.88. The molecule has 3 heterocycles. The van der Waals surface area contributed by atoms with E-state index in [9.17, 15) is 4.79 Å². The Labute approximate surface area is 189 Å². The second-order valence-electron chi connectivity index (χ2n) is 9.00. The minimum Gasteiger partial charge on any atom is -0.354 e. The monoisotopic (exact) mass is 438 g/mol. The van der Waals surface area contributed by atoms with Crippen LogP contribution in [0.2, 0.25) is 0 Å². The first-order valence-corrected chi connectivity index (χ1v) is 12.2. The van der Waals surface area contributed by atoms with Gasteiger partial charge in [0.05, 0.1) is 10.6 Å². The standard InChI is InChI=1S/C25H34N4OS/c1-16(2)29-18(4)22(17(3)27-29)15-28-13-9-8-10-19(28)14-21-20-11-6-7-12-23(20)31-24(21)25(30)26-5/h6-7,11-12,16,19H,8-10,13-15H2,1-5H3,(H,26,30)/t19-/m1/s1. The average molecular weight is 439 g/mol. The third-order valence-corrected chi connectivity index (χ3v) is 7.86. The summed E-state index contributed by atoms with van der Waals surface area (Å²) in [5.41, 5.74) is 5.00. The number of hydrogen-bond donors (Lipinski definition) is 1. The number of benzene rings is 1. The van der Waals surface area contributed by atoms with Crippen LogP contribution >= 0.6 is 11.3 Å². The third kappa shape index (κ3) is 4.28. The molecular weight excluding hydrogens is 404 g/mol. The minimum atomic E-state index is 0.0310. The van der Waals surface area contributed by atoms with Crippen LogP contribution in [0.4, 0.5) is 0 Å². The highest BCUT2D eigenvalue weighted by Gasteiger charge is 2.28. The number of piperidine rings is 1. The van der Waals surface area contributed by atoms with Gasteiger partial charge in [0.2, 0.25) is 0 Å². The van der Waals surface area contributed by atoms with Gasteiger partial charge in [-0.3, -0.25) is 14.4 Å². The van der Waals surface area contributed by atoms with Crippen LogP contribution in [-0.4, -0.2) is 40.2 Å². The lowest BCUT2D eigenvalue weighted by Crippen LogP contribution is -2.40. The van der Waals surface area contributed by atoms with Gasteiger partial charge in [-0.2, -0.15) is 5.10 Å². The molecule has 5 nitrogen and oxygen atoms in total. The van der Waals surface area contributed by atoms with Crippen LogP contribution in [0.3, 0.4) is 0 Å². The van der Waals surface area contributed by atoms with Gasteiger partial charge in [0.1, 0.15) is 0 Å². The number of nitrogens with one attached hydrogen (secondary N) is 1. The highest BCUT2D eigenvalue weighted by molar-refractivity contribution is 7.21. The zero-order chi connectivity index (χ0) is 22.1. The number of likely N-dealkylation sites (tertiary alicyclic amines) is 1. The van der Waals surface area contributed by atoms with Gasteiger partial charge < -0.3 is 5.32 Å². The number of fused-ring (bicyclic) bond motifs is 1. The summed E-state index contributed by atoms with van der Waals surface area (Å²) in [6, 6.07) is 9.25. The number of hydrogen-bond acceptors (Lipinski definition) is 4. The van der Waals surface area contributed by atoms with E-state index in [0.717, 1.165) is 30.1 Å². The van der Waals surface area contributed by atoms with Crippen molar-refractivity contribution in [2.45, 2.75) is 72.0 Å². The van der Waals surface area contributed by atoms with E-state index in [1.54, 1.807) is 18.4 Å². The van der Waals surface area contributed by atoms with Crippen LogP contribution in [0.1, 0.15) is 71.3 Å². The molecule has 31 heavy (non-hydrogen) atoms. The molecule has 0 aliphatic carbocycles. The second-order valence-corrected chi connectivity index (χ2v) is 10.0. The molecule has 2 aromatic heterocycles. The van der Waals surface area contributed by atoms with Gasteiger partial charge in [-0.05, 0) is 70.5 Å². The maximum atomic E-state index is 12.6. The number of amides is 1. The van der Waals surface area contributed by atoms with E-state index in [0.29, 0.717) is 12.1 Å². The van der Waals surface area contributed by atoms with Crippen molar-refractivity contribution in [1.29, 1.82) is 0 Å². The van der Waals surface area contributed by atoms with E-state index in [4.69, 9.17) is 5.10 Å². The number of carbonyl (C=O) groups is 1. The second kappa shape index (κ2) is 9.13. The van der Waals surface area contributed by atoms with Crippen molar-refractivity contribution in [1.82, 2.24) is 20.0 Å². The molecule has 1 fully saturated rings. The molecule has 1 aliphatic rings. The number of aromatic nitrogens is 2. The molecule has 4 rings (SSSR count). The maximum Gasteiger partial charge on any atom is 0.261 e. The van der Waals surface area contributed by atoms with E-state index in [1.165, 1.54) is 46.2 Å². The maximum absolute atomic E-state index is 12.6. The largest absolute Gasteiger partial charge is 0.354 e. The number of thiophene rings is 1. The molecule has 166 valence electrons. The van der Waals surface area contributed by atoms with E-state index >= 15 is 0 Å². The van der Waals surface area contributed by atoms with Crippen molar-refractivity contribution in [2.24, 2.45) is 0 Å². The summed E-state index contributed by atoms with van der Waals surface area (Å²) in [6.45, 7) is 10.8. The Morgan fingerprint density at radius 2 is 2.00 bits per heavy atom. The van der Waals surface area contributed by atoms with Crippen molar-refractivity contribution in [3.63, 3.8) is 0 Å². The van der Waals surface area contributed by atoms with Crippen molar-refractivity contribution < 1.29 is 4.79 Å². The fraction of sp³-hybridized carbons (Fsp3) is 0.520. The third-order valence-electron chi connectivity index (χ3n) is 6.65. The van der Waals surface area contributed by atoms with Gasteiger partial charge >= 0.3 is 0 Å². The smallest absolute Gasteiger partial charge is 0.261 e. The molecule has 0 spiro atoms. The fourth-order valence-corrected chi connectivity index (χ4v) is 6.14. The Balaban J connectivity index is 1.65. The first-order chi connectivity index (χ1) is 14.9. The molecule has 0 bridgehead atoms. The molecule has 0 unspecified atom stereocenters. The molecule has 1 atom stereocenters. The molecule has 1 amide bonds. The summed E-state index contributed by atoms with van der Waals surface area (Å²) in [4.78, 5) is 16.1. The van der Waals surface area contributed by atoms with Gasteiger partial charge in [-0.15, -0.1) is 11.3 Å². The molecule has 0 radical (unpaired) electrons. The lowest BCUT2D eigenvalue weighted by molar-refractivity contribution is 0.0964. The summed E-state index contributed by atoms with van der Waals surface area (Å²) in [5.74, 6) is 0.0310. The van der Waals surface area contributed by atoms with E-state index in [1.807, 2.05) is 0 Å². The van der Waals surface area contributed by atoms with Gasteiger partial charge in [0.15, 0.2) is 0 Å². The summed E-state index contributed by atoms with van der Waals surface area (Å²) >= 11 is 1.62. The Bertz CT molecular complexity index is 1080. The van der Waals surface area contributed by atoms with Crippen molar-refractivity contribution in [2.75, 3.05) is 13.6 Å². The summed E-state index contributed by atoms with van der Waals surface area (Å²) in [6.07, 6.45) is 4.58. The van der Waals surface area contributed by atoms with Crippen LogP contribution in [0.15, 0.2) is 24.3 Å². The molecule has 1 saturated heterocycles. The van der Waals surface area contributed by atoms with Gasteiger partial charge in [0, 0.05) is 41.6 Å². The van der Waals surface area contributed by atoms with Crippen LogP contribution < -0.4 is 5.32 Å². The van der Waals surface area contributed by atoms with Crippen molar-refractivity contribution in [3.8, 4) is 0 Å². The SMILES string of the molecule is CNC(=O)c1sc2ccccc2c1C[C@H]1CCCCN1Cc1c(C)nn(C(C)C)c1C. The number of carbonyl (C=O) groups excluding carboxylic acids is 1. The van der Waals surface area contributed by atoms with Gasteiger partial charge in [0.25, 0.3) is 5.91 Å². The first kappa shape index (κ1) is 22.0. The predicted molar refractivity (Wildman–Crippen MR) is 129 cm³/mol. The van der Waals surface area contributed by atoms with Crippen LogP contribution in [-0.2, 0) is 13.0 Å². The molecule has 3 aromatic rings. The quantitative estimate of drug-likeness (QED) is 0.572. The topological polar surface area (TPSA) is 50.2 Å². The summed E-state index contributed by atoms with van der Waals surface area (Å²) < 4.78 is 3.35. The predicted octanol–water partition coefficient (Wildman–Crippen LogP) is 5.25. The van der Waals surface area contributed by atoms with Crippen molar-refractivity contribution in [3.05, 3.63) is 51.7 Å². The minimum absolute atomic E-state index is 0.0310. The number of nitrogens with zero attached hydrogens (tertiary/aromatic N) is 3. The highest BCUT2D eigenvalue weighted by atomic mass is 32.1. The van der Waals surface area contributed by atoms with E-state index in [-0.39, 0.29) is 5.91 Å². The Morgan fingerprint density at radius 3 is 2.71 bits per heavy atom. The molecular formula is C25H34N4OS. The van der Waals surface area contributed by atoms with Crippen LogP contribution in [0.5, 0.6) is 0 Å². The molecule has 0 saturated carbocycles. The average Bonchev–Trinajstić information content (AvgIpc) is 3.27. The Kier molecular flexibility index (Phi) is 6.49. The summed E-state index contributed by atoms with van der Waals surface area (Å²) in [7, 11) is 1.72. The molecule has 6 heteroatoms. The van der Waals surface area contributed by atoms with E-state index in [2.05, 4.69) is 66.9 Å². The first-order valence-electron chi connectivity index (χ1n) is 11.4. The molecule has 1 aliphatic heterocycles. The molecule has 1 aromatic carbocycles. The van der Waals surface area contributed by atoms with Gasteiger partial charge in [-0.25, -0.2) is 0 Å². The zero-order valence-corrected chi connectivity index (χ0v) is 20.2. The van der Waals surface area contributed by atoms with E-state index < -0.39 is 0 Å². The molecule has 1 N–H and O–H groups in total. The van der Waals surface area contributed by atoms with Crippen LogP contribution in [0, 0.1) is 13.8 Å². The van der Waals surface area contributed by atoms with Crippen molar-refractivity contribution >= 4 is 27.3 Å².